The number of aromatic nitrogens is 3. The smallest absolute Gasteiger partial charge is 0.273 e. The van der Waals surface area contributed by atoms with Gasteiger partial charge in [0.2, 0.25) is 0 Å². The Morgan fingerprint density at radius 3 is 2.88 bits per heavy atom. The molecule has 1 aliphatic heterocycles. The fourth-order valence-electron chi connectivity index (χ4n) is 3.63. The lowest BCUT2D eigenvalue weighted by molar-refractivity contribution is 0.0922. The third-order valence-corrected chi connectivity index (χ3v) is 5.25. The third kappa shape index (κ3) is 3.46. The molecule has 1 aliphatic carbocycles. The molecule has 1 saturated heterocycles. The number of carbonyl (C=O) groups excluding carboxylic acids is 1. The van der Waals surface area contributed by atoms with Gasteiger partial charge in [-0.25, -0.2) is 0 Å². The summed E-state index contributed by atoms with van der Waals surface area (Å²) in [6.45, 7) is 6.89. The monoisotopic (exact) mass is 343 g/mol. The number of amides is 1. The molecule has 0 bridgehead atoms. The van der Waals surface area contributed by atoms with Crippen LogP contribution in [0.4, 0.5) is 0 Å². The van der Waals surface area contributed by atoms with Gasteiger partial charge in [-0.1, -0.05) is 12.1 Å². The van der Waals surface area contributed by atoms with Crippen molar-refractivity contribution in [2.75, 3.05) is 13.1 Å². The topological polar surface area (TPSA) is 76.2 Å². The molecule has 7 nitrogen and oxygen atoms in total. The highest BCUT2D eigenvalue weighted by Gasteiger charge is 2.33. The van der Waals surface area contributed by atoms with Crippen LogP contribution in [0.15, 0.2) is 16.8 Å². The van der Waals surface area contributed by atoms with E-state index in [-0.39, 0.29) is 11.9 Å². The molecule has 0 radical (unpaired) electrons. The molecule has 0 unspecified atom stereocenters. The summed E-state index contributed by atoms with van der Waals surface area (Å²) in [7, 11) is 1.94. The van der Waals surface area contributed by atoms with Gasteiger partial charge in [0.05, 0.1) is 5.69 Å². The summed E-state index contributed by atoms with van der Waals surface area (Å²) in [5.41, 5.74) is 2.71. The van der Waals surface area contributed by atoms with Gasteiger partial charge < -0.3 is 9.84 Å². The molecule has 2 aromatic heterocycles. The van der Waals surface area contributed by atoms with Gasteiger partial charge in [-0.3, -0.25) is 14.4 Å². The molecule has 134 valence electrons. The Bertz CT molecular complexity index is 776. The summed E-state index contributed by atoms with van der Waals surface area (Å²) in [5.74, 6) is 1.58. The number of hydrogen-bond acceptors (Lipinski definition) is 5. The molecule has 1 saturated carbocycles. The Morgan fingerprint density at radius 1 is 1.40 bits per heavy atom. The number of nitrogens with zero attached hydrogens (tertiary/aromatic N) is 4. The summed E-state index contributed by atoms with van der Waals surface area (Å²) in [6, 6.07) is 1.93. The van der Waals surface area contributed by atoms with Crippen molar-refractivity contribution in [2.24, 2.45) is 13.0 Å². The first-order chi connectivity index (χ1) is 12.0. The van der Waals surface area contributed by atoms with Crippen molar-refractivity contribution in [2.45, 2.75) is 45.2 Å². The van der Waals surface area contributed by atoms with Crippen LogP contribution in [0.2, 0.25) is 0 Å². The fraction of sp³-hybridized carbons (Fsp3) is 0.611. The summed E-state index contributed by atoms with van der Waals surface area (Å²) < 4.78 is 7.14. The molecule has 0 spiro atoms. The SMILES string of the molecule is Cc1nn(C)cc1CN1C[C@@H](C)[C@@H](NC(=O)c2cc(C3CC3)on2)C1. The maximum Gasteiger partial charge on any atom is 0.273 e. The summed E-state index contributed by atoms with van der Waals surface area (Å²) in [5, 5.41) is 11.5. The van der Waals surface area contributed by atoms with Crippen LogP contribution in [0.1, 0.15) is 53.2 Å². The molecule has 1 N–H and O–H groups in total. The van der Waals surface area contributed by atoms with Gasteiger partial charge in [-0.15, -0.1) is 0 Å². The average molecular weight is 343 g/mol. The first-order valence-electron chi connectivity index (χ1n) is 8.98. The third-order valence-electron chi connectivity index (χ3n) is 5.25. The quantitative estimate of drug-likeness (QED) is 0.896. The predicted molar refractivity (Wildman–Crippen MR) is 92.1 cm³/mol. The first-order valence-corrected chi connectivity index (χ1v) is 8.98. The largest absolute Gasteiger partial charge is 0.360 e. The Balaban J connectivity index is 1.35. The van der Waals surface area contributed by atoms with E-state index in [0.29, 0.717) is 17.5 Å². The van der Waals surface area contributed by atoms with Gasteiger partial charge >= 0.3 is 0 Å². The van der Waals surface area contributed by atoms with Crippen LogP contribution in [0, 0.1) is 12.8 Å². The maximum atomic E-state index is 12.5. The number of likely N-dealkylation sites (tertiary alicyclic amines) is 1. The van der Waals surface area contributed by atoms with Crippen molar-refractivity contribution in [1.82, 2.24) is 25.2 Å². The van der Waals surface area contributed by atoms with Crippen molar-refractivity contribution < 1.29 is 9.32 Å². The number of nitrogens with one attached hydrogen (secondary N) is 1. The average Bonchev–Trinajstić information content (AvgIpc) is 3.05. The van der Waals surface area contributed by atoms with Crippen LogP contribution in [-0.2, 0) is 13.6 Å². The minimum atomic E-state index is -0.132. The predicted octanol–water partition coefficient (Wildman–Crippen LogP) is 1.84. The zero-order chi connectivity index (χ0) is 17.6. The summed E-state index contributed by atoms with van der Waals surface area (Å²) in [4.78, 5) is 14.8. The van der Waals surface area contributed by atoms with Crippen LogP contribution < -0.4 is 5.32 Å². The Hall–Kier alpha value is -2.15. The summed E-state index contributed by atoms with van der Waals surface area (Å²) in [6.07, 6.45) is 4.35. The van der Waals surface area contributed by atoms with E-state index < -0.39 is 0 Å². The maximum absolute atomic E-state index is 12.5. The highest BCUT2D eigenvalue weighted by Crippen LogP contribution is 2.40. The van der Waals surface area contributed by atoms with E-state index in [2.05, 4.69) is 33.6 Å². The lowest BCUT2D eigenvalue weighted by atomic mass is 10.1. The first kappa shape index (κ1) is 16.3. The zero-order valence-electron chi connectivity index (χ0n) is 15.0. The lowest BCUT2D eigenvalue weighted by Crippen LogP contribution is -2.40. The van der Waals surface area contributed by atoms with E-state index in [0.717, 1.165) is 43.9 Å². The standard InChI is InChI=1S/C18H25N5O2/c1-11-7-23(9-14-8-22(3)20-12(14)2)10-16(11)19-18(24)15-6-17(25-21-15)13-4-5-13/h6,8,11,13,16H,4-5,7,9-10H2,1-3H3,(H,19,24)/t11-,16+/m1/s1. The second kappa shape index (κ2) is 6.29. The van der Waals surface area contributed by atoms with Crippen LogP contribution in [0.25, 0.3) is 0 Å². The Kier molecular flexibility index (Phi) is 4.11. The molecule has 2 aliphatic rings. The molecular formula is C18H25N5O2. The minimum absolute atomic E-state index is 0.130. The number of carbonyl (C=O) groups is 1. The van der Waals surface area contributed by atoms with Gasteiger partial charge in [0.1, 0.15) is 5.76 Å². The number of aryl methyl sites for hydroxylation is 2. The van der Waals surface area contributed by atoms with Gasteiger partial charge in [0.15, 0.2) is 5.69 Å². The minimum Gasteiger partial charge on any atom is -0.360 e. The van der Waals surface area contributed by atoms with E-state index >= 15 is 0 Å². The highest BCUT2D eigenvalue weighted by atomic mass is 16.5. The number of rotatable bonds is 5. The van der Waals surface area contributed by atoms with Gasteiger partial charge in [-0.05, 0) is 25.7 Å². The summed E-state index contributed by atoms with van der Waals surface area (Å²) >= 11 is 0. The molecule has 2 aromatic rings. The van der Waals surface area contributed by atoms with Crippen molar-refractivity contribution >= 4 is 5.91 Å². The molecule has 1 amide bonds. The molecule has 7 heteroatoms. The Labute approximate surface area is 147 Å². The van der Waals surface area contributed by atoms with Gasteiger partial charge in [0, 0.05) is 56.5 Å². The lowest BCUT2D eigenvalue weighted by Gasteiger charge is -2.16. The van der Waals surface area contributed by atoms with Crippen molar-refractivity contribution in [3.8, 4) is 0 Å². The van der Waals surface area contributed by atoms with E-state index in [9.17, 15) is 4.79 Å². The van der Waals surface area contributed by atoms with Crippen LogP contribution in [-0.4, -0.2) is 44.9 Å². The molecule has 4 rings (SSSR count). The molecule has 2 fully saturated rings. The van der Waals surface area contributed by atoms with Gasteiger partial charge in [0.25, 0.3) is 5.91 Å². The number of hydrogen-bond donors (Lipinski definition) is 1. The van der Waals surface area contributed by atoms with E-state index in [4.69, 9.17) is 4.52 Å². The highest BCUT2D eigenvalue weighted by molar-refractivity contribution is 5.92. The van der Waals surface area contributed by atoms with E-state index in [1.807, 2.05) is 18.7 Å². The zero-order valence-corrected chi connectivity index (χ0v) is 15.0. The van der Waals surface area contributed by atoms with Crippen LogP contribution in [0.5, 0.6) is 0 Å². The van der Waals surface area contributed by atoms with E-state index in [1.54, 1.807) is 6.07 Å². The normalized spacial score (nSPS) is 24.0. The van der Waals surface area contributed by atoms with E-state index in [1.165, 1.54) is 5.56 Å². The second-order valence-corrected chi connectivity index (χ2v) is 7.55. The molecular weight excluding hydrogens is 318 g/mol. The van der Waals surface area contributed by atoms with Crippen molar-refractivity contribution in [3.05, 3.63) is 35.0 Å². The van der Waals surface area contributed by atoms with Gasteiger partial charge in [-0.2, -0.15) is 5.10 Å². The van der Waals surface area contributed by atoms with Crippen LogP contribution in [0.3, 0.4) is 0 Å². The molecule has 0 aromatic carbocycles. The Morgan fingerprint density at radius 2 is 2.20 bits per heavy atom. The molecule has 25 heavy (non-hydrogen) atoms. The fourth-order valence-corrected chi connectivity index (χ4v) is 3.63. The van der Waals surface area contributed by atoms with Crippen molar-refractivity contribution in [1.29, 1.82) is 0 Å². The molecule has 3 heterocycles. The molecule has 2 atom stereocenters. The van der Waals surface area contributed by atoms with Crippen LogP contribution >= 0.6 is 0 Å². The van der Waals surface area contributed by atoms with Crippen molar-refractivity contribution in [3.63, 3.8) is 0 Å². The second-order valence-electron chi connectivity index (χ2n) is 7.55.